The van der Waals surface area contributed by atoms with E-state index in [1.165, 1.54) is 11.3 Å². The van der Waals surface area contributed by atoms with E-state index in [-0.39, 0.29) is 0 Å². The van der Waals surface area contributed by atoms with E-state index in [2.05, 4.69) is 15.1 Å². The number of ether oxygens (including phenoxy) is 2. The Balaban J connectivity index is 1.64. The van der Waals surface area contributed by atoms with Crippen LogP contribution in [0.2, 0.25) is 0 Å². The SMILES string of the molecule is CC(C)(C)OC(=O)n1cc(-c2cccc(N3CCOCC3)n2)c2cc(-c3nncs3)ccc21. The lowest BCUT2D eigenvalue weighted by Crippen LogP contribution is -2.36. The predicted molar refractivity (Wildman–Crippen MR) is 129 cm³/mol. The summed E-state index contributed by atoms with van der Waals surface area (Å²) in [6.45, 7) is 8.56. The van der Waals surface area contributed by atoms with Crippen LogP contribution in [0.3, 0.4) is 0 Å². The Labute approximate surface area is 195 Å². The van der Waals surface area contributed by atoms with Crippen molar-refractivity contribution in [3.05, 3.63) is 48.1 Å². The topological polar surface area (TPSA) is 82.4 Å². The largest absolute Gasteiger partial charge is 0.443 e. The fourth-order valence-electron chi connectivity index (χ4n) is 3.87. The molecule has 0 unspecified atom stereocenters. The number of anilines is 1. The molecule has 0 amide bonds. The fourth-order valence-corrected chi connectivity index (χ4v) is 4.42. The van der Waals surface area contributed by atoms with Gasteiger partial charge in [0, 0.05) is 35.8 Å². The summed E-state index contributed by atoms with van der Waals surface area (Å²) >= 11 is 1.47. The van der Waals surface area contributed by atoms with E-state index in [4.69, 9.17) is 14.5 Å². The summed E-state index contributed by atoms with van der Waals surface area (Å²) in [5.41, 5.74) is 4.45. The molecule has 33 heavy (non-hydrogen) atoms. The highest BCUT2D eigenvalue weighted by molar-refractivity contribution is 7.12. The number of hydrogen-bond acceptors (Lipinski definition) is 8. The molecule has 0 N–H and O–H groups in total. The smallest absolute Gasteiger partial charge is 0.419 e. The lowest BCUT2D eigenvalue weighted by molar-refractivity contribution is 0.0544. The van der Waals surface area contributed by atoms with Crippen LogP contribution in [-0.2, 0) is 9.47 Å². The van der Waals surface area contributed by atoms with E-state index < -0.39 is 11.7 Å². The van der Waals surface area contributed by atoms with E-state index in [9.17, 15) is 4.79 Å². The number of carbonyl (C=O) groups is 1. The molecule has 4 aromatic rings. The van der Waals surface area contributed by atoms with Gasteiger partial charge in [-0.2, -0.15) is 0 Å². The molecule has 0 bridgehead atoms. The number of hydrogen-bond donors (Lipinski definition) is 0. The summed E-state index contributed by atoms with van der Waals surface area (Å²) < 4.78 is 12.7. The maximum absolute atomic E-state index is 13.0. The Bertz CT molecular complexity index is 1290. The normalized spacial score (nSPS) is 14.6. The number of benzene rings is 1. The molecular formula is C24H25N5O3S. The average Bonchev–Trinajstić information content (AvgIpc) is 3.47. The number of fused-ring (bicyclic) bond motifs is 1. The minimum absolute atomic E-state index is 0.424. The Kier molecular flexibility index (Phi) is 5.59. The van der Waals surface area contributed by atoms with Crippen LogP contribution in [0.25, 0.3) is 32.7 Å². The van der Waals surface area contributed by atoms with Crippen molar-refractivity contribution in [3.8, 4) is 21.8 Å². The average molecular weight is 464 g/mol. The molecule has 5 rings (SSSR count). The van der Waals surface area contributed by atoms with Gasteiger partial charge in [0.2, 0.25) is 0 Å². The first-order valence-electron chi connectivity index (χ1n) is 10.8. The van der Waals surface area contributed by atoms with Crippen LogP contribution in [0.15, 0.2) is 48.1 Å². The molecule has 9 heteroatoms. The first kappa shape index (κ1) is 21.5. The monoisotopic (exact) mass is 463 g/mol. The number of pyridine rings is 1. The van der Waals surface area contributed by atoms with Crippen LogP contribution < -0.4 is 4.90 Å². The maximum Gasteiger partial charge on any atom is 0.419 e. The van der Waals surface area contributed by atoms with Gasteiger partial charge in [-0.15, -0.1) is 10.2 Å². The van der Waals surface area contributed by atoms with E-state index >= 15 is 0 Å². The van der Waals surface area contributed by atoms with Gasteiger partial charge in [0.15, 0.2) is 0 Å². The van der Waals surface area contributed by atoms with E-state index in [1.807, 2.05) is 63.4 Å². The van der Waals surface area contributed by atoms with Gasteiger partial charge in [-0.1, -0.05) is 17.4 Å². The molecule has 1 aliphatic heterocycles. The van der Waals surface area contributed by atoms with Gasteiger partial charge in [0.05, 0.1) is 24.4 Å². The predicted octanol–water partition coefficient (Wildman–Crippen LogP) is 4.84. The quantitative estimate of drug-likeness (QED) is 0.430. The Morgan fingerprint density at radius 1 is 1.15 bits per heavy atom. The lowest BCUT2D eigenvalue weighted by Gasteiger charge is -2.28. The summed E-state index contributed by atoms with van der Waals surface area (Å²) in [4.78, 5) is 20.2. The third kappa shape index (κ3) is 4.46. The van der Waals surface area contributed by atoms with Crippen molar-refractivity contribution in [1.29, 1.82) is 0 Å². The van der Waals surface area contributed by atoms with E-state index in [0.717, 1.165) is 51.6 Å². The van der Waals surface area contributed by atoms with E-state index in [0.29, 0.717) is 13.2 Å². The summed E-state index contributed by atoms with van der Waals surface area (Å²) in [6.07, 6.45) is 1.39. The molecular weight excluding hydrogens is 438 g/mol. The molecule has 0 radical (unpaired) electrons. The molecule has 1 saturated heterocycles. The molecule has 0 saturated carbocycles. The molecule has 1 fully saturated rings. The summed E-state index contributed by atoms with van der Waals surface area (Å²) in [5, 5.41) is 9.88. The van der Waals surface area contributed by atoms with Crippen LogP contribution >= 0.6 is 11.3 Å². The zero-order valence-corrected chi connectivity index (χ0v) is 19.6. The Morgan fingerprint density at radius 3 is 2.70 bits per heavy atom. The van der Waals surface area contributed by atoms with Crippen molar-refractivity contribution in [2.45, 2.75) is 26.4 Å². The van der Waals surface area contributed by atoms with Crippen LogP contribution in [0, 0.1) is 0 Å². The number of aromatic nitrogens is 4. The van der Waals surface area contributed by atoms with Crippen molar-refractivity contribution in [2.75, 3.05) is 31.2 Å². The second kappa shape index (κ2) is 8.57. The number of carbonyl (C=O) groups excluding carboxylic acids is 1. The van der Waals surface area contributed by atoms with Crippen LogP contribution in [-0.4, -0.2) is 57.7 Å². The summed E-state index contributed by atoms with van der Waals surface area (Å²) in [6, 6.07) is 11.9. The summed E-state index contributed by atoms with van der Waals surface area (Å²) in [5.74, 6) is 0.897. The highest BCUT2D eigenvalue weighted by Gasteiger charge is 2.23. The molecule has 170 valence electrons. The third-order valence-electron chi connectivity index (χ3n) is 5.35. The lowest BCUT2D eigenvalue weighted by atomic mass is 10.1. The van der Waals surface area contributed by atoms with Crippen LogP contribution in [0.5, 0.6) is 0 Å². The highest BCUT2D eigenvalue weighted by atomic mass is 32.1. The van der Waals surface area contributed by atoms with Crippen molar-refractivity contribution < 1.29 is 14.3 Å². The minimum atomic E-state index is -0.602. The van der Waals surface area contributed by atoms with Gasteiger partial charge in [-0.3, -0.25) is 4.57 Å². The first-order chi connectivity index (χ1) is 15.9. The summed E-state index contributed by atoms with van der Waals surface area (Å²) in [7, 11) is 0. The van der Waals surface area contributed by atoms with Crippen molar-refractivity contribution in [1.82, 2.24) is 19.7 Å². The van der Waals surface area contributed by atoms with Gasteiger partial charge < -0.3 is 14.4 Å². The molecule has 3 aromatic heterocycles. The number of morpholine rings is 1. The number of rotatable bonds is 3. The van der Waals surface area contributed by atoms with Gasteiger partial charge in [0.25, 0.3) is 0 Å². The number of nitrogens with zero attached hydrogens (tertiary/aromatic N) is 5. The second-order valence-corrected chi connectivity index (χ2v) is 9.68. The van der Waals surface area contributed by atoms with Gasteiger partial charge in [0.1, 0.15) is 21.9 Å². The maximum atomic E-state index is 13.0. The van der Waals surface area contributed by atoms with E-state index in [1.54, 1.807) is 10.1 Å². The van der Waals surface area contributed by atoms with Gasteiger partial charge in [-0.25, -0.2) is 9.78 Å². The van der Waals surface area contributed by atoms with Crippen LogP contribution in [0.4, 0.5) is 10.6 Å². The molecule has 0 atom stereocenters. The third-order valence-corrected chi connectivity index (χ3v) is 6.09. The zero-order chi connectivity index (χ0) is 23.0. The molecule has 4 heterocycles. The molecule has 1 aliphatic rings. The first-order valence-corrected chi connectivity index (χ1v) is 11.7. The molecule has 1 aromatic carbocycles. The van der Waals surface area contributed by atoms with Crippen molar-refractivity contribution in [2.24, 2.45) is 0 Å². The zero-order valence-electron chi connectivity index (χ0n) is 18.8. The fraction of sp³-hybridized carbons (Fsp3) is 0.333. The highest BCUT2D eigenvalue weighted by Crippen LogP contribution is 2.34. The van der Waals surface area contributed by atoms with Gasteiger partial charge in [-0.05, 0) is 51.1 Å². The molecule has 0 spiro atoms. The van der Waals surface area contributed by atoms with Gasteiger partial charge >= 0.3 is 6.09 Å². The molecule has 8 nitrogen and oxygen atoms in total. The van der Waals surface area contributed by atoms with Crippen molar-refractivity contribution >= 4 is 34.2 Å². The van der Waals surface area contributed by atoms with Crippen molar-refractivity contribution in [3.63, 3.8) is 0 Å². The minimum Gasteiger partial charge on any atom is -0.443 e. The second-order valence-electron chi connectivity index (χ2n) is 8.85. The van der Waals surface area contributed by atoms with Crippen LogP contribution in [0.1, 0.15) is 20.8 Å². The Hall–Kier alpha value is -3.30. The Morgan fingerprint density at radius 2 is 1.97 bits per heavy atom. The molecule has 0 aliphatic carbocycles. The standard InChI is InChI=1S/C24H25N5O3S/c1-24(2,3)32-23(30)29-14-18(17-13-16(7-8-20(17)29)22-27-25-15-33-22)19-5-4-6-21(26-19)28-9-11-31-12-10-28/h4-8,13-15H,9-12H2,1-3H3.